The molecule has 2 heterocycles. The minimum Gasteiger partial charge on any atom is -0.512 e. The smallest absolute Gasteiger partial charge is 0.162 e. The number of carbonyl (C=O) groups excluding carboxylic acids is 1. The molecule has 7 aromatic rings. The summed E-state index contributed by atoms with van der Waals surface area (Å²) in [5, 5.41) is 14.7. The Morgan fingerprint density at radius 2 is 1.50 bits per heavy atom. The summed E-state index contributed by atoms with van der Waals surface area (Å²) < 4.78 is 26.4. The van der Waals surface area contributed by atoms with Crippen molar-refractivity contribution in [2.75, 3.05) is 0 Å². The van der Waals surface area contributed by atoms with Gasteiger partial charge in [0.15, 0.2) is 5.78 Å². The summed E-state index contributed by atoms with van der Waals surface area (Å²) >= 11 is 0. The monoisotopic (exact) mass is 845 g/mol. The molecule has 4 nitrogen and oxygen atoms in total. The molecule has 5 aromatic carbocycles. The van der Waals surface area contributed by atoms with Crippen molar-refractivity contribution >= 4 is 49.5 Å². The average molecular weight is 845 g/mol. The third-order valence-electron chi connectivity index (χ3n) is 9.59. The van der Waals surface area contributed by atoms with Crippen molar-refractivity contribution in [2.45, 2.75) is 60.3 Å². The fourth-order valence-electron chi connectivity index (χ4n) is 6.69. The van der Waals surface area contributed by atoms with Crippen LogP contribution >= 0.6 is 0 Å². The first kappa shape index (κ1) is 36.8. The first-order valence-corrected chi connectivity index (χ1v) is 17.2. The van der Waals surface area contributed by atoms with Gasteiger partial charge in [-0.25, -0.2) is 9.95 Å². The minimum absolute atomic E-state index is 0. The number of benzene rings is 5. The third kappa shape index (κ3) is 7.19. The summed E-state index contributed by atoms with van der Waals surface area (Å²) in [6.07, 6.45) is 4.91. The Kier molecular flexibility index (Phi) is 11.8. The summed E-state index contributed by atoms with van der Waals surface area (Å²) in [5.74, 6) is 1.06. The van der Waals surface area contributed by atoms with E-state index >= 15 is 0 Å². The number of para-hydroxylation sites is 1. The van der Waals surface area contributed by atoms with Crippen molar-refractivity contribution in [3.63, 3.8) is 0 Å². The zero-order valence-corrected chi connectivity index (χ0v) is 31.4. The second-order valence-corrected chi connectivity index (χ2v) is 12.5. The molecule has 2 aromatic heterocycles. The quantitative estimate of drug-likeness (QED) is 0.0893. The number of aliphatic hydroxyl groups excluding tert-OH is 1. The maximum atomic E-state index is 14.0. The van der Waals surface area contributed by atoms with E-state index < -0.39 is 0 Å². The molecule has 50 heavy (non-hydrogen) atoms. The molecule has 0 aliphatic carbocycles. The second-order valence-electron chi connectivity index (χ2n) is 12.5. The van der Waals surface area contributed by atoms with Crippen LogP contribution in [0.3, 0.4) is 0 Å². The van der Waals surface area contributed by atoms with Crippen LogP contribution in [0.25, 0.3) is 66.1 Å². The summed E-state index contributed by atoms with van der Waals surface area (Å²) in [6, 6.07) is 33.7. The van der Waals surface area contributed by atoms with E-state index in [1.807, 2.05) is 82.3 Å². The molecule has 0 amide bonds. The largest absolute Gasteiger partial charge is 0.512 e. The molecule has 0 spiro atoms. The van der Waals surface area contributed by atoms with Crippen molar-refractivity contribution in [3.05, 3.63) is 120 Å². The predicted octanol–water partition coefficient (Wildman–Crippen LogP) is 12.7. The number of ketones is 1. The van der Waals surface area contributed by atoms with Gasteiger partial charge in [-0.2, -0.15) is 29.8 Å². The standard InChI is InChI=1S/C31H17FO2.C13H24O2.Ir/c1-18-23-10-4-5-12-27(23)33-30(18)21-9-6-8-19(15-21)26-16-20-7-2-3-11-24(20)29-25-14-13-22(32)17-28(25)34-31(26)29;1-5-10(6-2)12(14)9-13(15)11(7-3)8-4;/h2-7,9-15,17H,1H3;9-11,14H,5-8H2,1-4H3;/q-2;;/b;12-9-;. The van der Waals surface area contributed by atoms with Crippen LogP contribution in [0.1, 0.15) is 58.9 Å². The molecule has 0 unspecified atom stereocenters. The number of aryl methyl sites for hydroxylation is 1. The number of hydrogen-bond donors (Lipinski definition) is 1. The number of rotatable bonds is 9. The van der Waals surface area contributed by atoms with Crippen LogP contribution in [0.15, 0.2) is 106 Å². The number of aliphatic hydroxyl groups is 1. The summed E-state index contributed by atoms with van der Waals surface area (Å²) in [5.41, 5.74) is 5.75. The van der Waals surface area contributed by atoms with Gasteiger partial charge in [0.1, 0.15) is 22.7 Å². The molecule has 6 heteroatoms. The maximum Gasteiger partial charge on any atom is 0.162 e. The molecule has 7 rings (SSSR count). The molecule has 0 saturated heterocycles. The zero-order chi connectivity index (χ0) is 34.7. The molecular formula is C44H41FIrO4-2. The fraction of sp³-hybridized carbons (Fsp3) is 0.250. The van der Waals surface area contributed by atoms with Gasteiger partial charge in [-0.15, -0.1) is 17.5 Å². The number of furan rings is 2. The topological polar surface area (TPSA) is 63.6 Å². The summed E-state index contributed by atoms with van der Waals surface area (Å²) in [7, 11) is 0. The predicted molar refractivity (Wildman–Crippen MR) is 198 cm³/mol. The number of allylic oxidation sites excluding steroid dienone is 2. The molecule has 0 saturated carbocycles. The van der Waals surface area contributed by atoms with Gasteiger partial charge in [-0.3, -0.25) is 4.79 Å². The zero-order valence-electron chi connectivity index (χ0n) is 29.0. The summed E-state index contributed by atoms with van der Waals surface area (Å²) in [4.78, 5) is 11.7. The van der Waals surface area contributed by atoms with E-state index in [0.29, 0.717) is 11.2 Å². The van der Waals surface area contributed by atoms with Crippen LogP contribution in [0, 0.1) is 36.7 Å². The Morgan fingerprint density at radius 3 is 2.20 bits per heavy atom. The van der Waals surface area contributed by atoms with E-state index in [4.69, 9.17) is 8.83 Å². The van der Waals surface area contributed by atoms with E-state index in [-0.39, 0.29) is 49.3 Å². The fourth-order valence-corrected chi connectivity index (χ4v) is 6.69. The minimum atomic E-state index is -0.324. The third-order valence-corrected chi connectivity index (χ3v) is 9.59. The molecule has 1 radical (unpaired) electrons. The van der Waals surface area contributed by atoms with E-state index in [9.17, 15) is 14.3 Å². The van der Waals surface area contributed by atoms with Crippen molar-refractivity contribution < 1.29 is 43.2 Å². The molecule has 1 N–H and O–H groups in total. The van der Waals surface area contributed by atoms with Gasteiger partial charge in [-0.05, 0) is 56.2 Å². The van der Waals surface area contributed by atoms with Crippen LogP contribution in [-0.2, 0) is 24.9 Å². The van der Waals surface area contributed by atoms with Crippen LogP contribution in [0.4, 0.5) is 4.39 Å². The normalized spacial score (nSPS) is 11.8. The number of carbonyl (C=O) groups is 1. The first-order chi connectivity index (χ1) is 23.8. The van der Waals surface area contributed by atoms with E-state index in [2.05, 4.69) is 31.2 Å². The van der Waals surface area contributed by atoms with Crippen LogP contribution in [0.2, 0.25) is 0 Å². The summed E-state index contributed by atoms with van der Waals surface area (Å²) in [6.45, 7) is 10.1. The molecule has 0 aliphatic heterocycles. The Balaban J connectivity index is 0.000000261. The van der Waals surface area contributed by atoms with E-state index in [1.54, 1.807) is 6.07 Å². The number of hydrogen-bond acceptors (Lipinski definition) is 4. The Labute approximate surface area is 306 Å². The second kappa shape index (κ2) is 16.0. The Bertz CT molecular complexity index is 2300. The Morgan fingerprint density at radius 1 is 0.820 bits per heavy atom. The molecule has 0 atom stereocenters. The number of halogens is 1. The van der Waals surface area contributed by atoms with Gasteiger partial charge in [-0.1, -0.05) is 75.0 Å². The van der Waals surface area contributed by atoms with Crippen molar-refractivity contribution in [3.8, 4) is 22.5 Å². The first-order valence-electron chi connectivity index (χ1n) is 17.2. The molecular weight excluding hydrogens is 804 g/mol. The van der Waals surface area contributed by atoms with Gasteiger partial charge in [0.25, 0.3) is 0 Å². The van der Waals surface area contributed by atoms with Crippen molar-refractivity contribution in [2.24, 2.45) is 11.8 Å². The van der Waals surface area contributed by atoms with Gasteiger partial charge >= 0.3 is 0 Å². The van der Waals surface area contributed by atoms with Crippen molar-refractivity contribution in [1.29, 1.82) is 0 Å². The van der Waals surface area contributed by atoms with Gasteiger partial charge < -0.3 is 13.9 Å². The van der Waals surface area contributed by atoms with Gasteiger partial charge in [0.2, 0.25) is 0 Å². The molecule has 0 bridgehead atoms. The SMILES string of the molecule is CCC(CC)C(=O)/C=C(\O)C(CC)CC.Cc1c(-c2cc[c-]c(-c3[c-]c4ccccc4c4c3oc3cc(F)ccc34)c2)oc2ccccc12.[Ir]. The van der Waals surface area contributed by atoms with E-state index in [0.717, 1.165) is 86.2 Å². The molecule has 0 fully saturated rings. The Hall–Kier alpha value is -4.51. The van der Waals surface area contributed by atoms with Crippen LogP contribution in [-0.4, -0.2) is 10.9 Å². The molecule has 259 valence electrons. The molecule has 0 aliphatic rings. The average Bonchev–Trinajstić information content (AvgIpc) is 3.67. The van der Waals surface area contributed by atoms with E-state index in [1.165, 1.54) is 18.2 Å². The number of fused-ring (bicyclic) bond motifs is 6. The van der Waals surface area contributed by atoms with Gasteiger partial charge in [0.05, 0.1) is 5.76 Å². The van der Waals surface area contributed by atoms with Crippen molar-refractivity contribution in [1.82, 2.24) is 0 Å². The maximum absolute atomic E-state index is 14.0. The van der Waals surface area contributed by atoms with Crippen LogP contribution < -0.4 is 0 Å². The van der Waals surface area contributed by atoms with Crippen LogP contribution in [0.5, 0.6) is 0 Å². The van der Waals surface area contributed by atoms with Gasteiger partial charge in [0, 0.05) is 66.0 Å².